The molecule has 0 aliphatic heterocycles. The standard InChI is InChI=1S/C16H21N3O2.HI/c1-20-8-7-18-16(17)19-11-12-3-4-14-10-15(21-2)6-5-13(14)9-12;/h3-6,9-10H,7-8,11H2,1-2H3,(H3,17,18,19);1H. The predicted molar refractivity (Wildman–Crippen MR) is 101 cm³/mol. The van der Waals surface area contributed by atoms with Gasteiger partial charge in [0, 0.05) is 13.7 Å². The first-order valence-electron chi connectivity index (χ1n) is 6.82. The molecule has 0 radical (unpaired) electrons. The van der Waals surface area contributed by atoms with E-state index in [4.69, 9.17) is 15.2 Å². The molecule has 5 nitrogen and oxygen atoms in total. The number of ether oxygens (including phenoxy) is 2. The minimum Gasteiger partial charge on any atom is -0.497 e. The summed E-state index contributed by atoms with van der Waals surface area (Å²) in [6, 6.07) is 12.2. The highest BCUT2D eigenvalue weighted by atomic mass is 127. The van der Waals surface area contributed by atoms with Gasteiger partial charge in [0.25, 0.3) is 0 Å². The van der Waals surface area contributed by atoms with E-state index in [0.717, 1.165) is 22.1 Å². The van der Waals surface area contributed by atoms with Crippen molar-refractivity contribution in [2.45, 2.75) is 6.54 Å². The van der Waals surface area contributed by atoms with Crippen LogP contribution in [0.3, 0.4) is 0 Å². The van der Waals surface area contributed by atoms with Crippen molar-refractivity contribution < 1.29 is 9.47 Å². The van der Waals surface area contributed by atoms with Gasteiger partial charge in [0.1, 0.15) is 5.75 Å². The molecule has 3 N–H and O–H groups in total. The van der Waals surface area contributed by atoms with E-state index in [2.05, 4.69) is 22.4 Å². The fourth-order valence-corrected chi connectivity index (χ4v) is 2.01. The van der Waals surface area contributed by atoms with E-state index in [9.17, 15) is 0 Å². The Labute approximate surface area is 147 Å². The van der Waals surface area contributed by atoms with Gasteiger partial charge in [-0.1, -0.05) is 18.2 Å². The Morgan fingerprint density at radius 1 is 1.14 bits per heavy atom. The lowest BCUT2D eigenvalue weighted by Crippen LogP contribution is -2.34. The van der Waals surface area contributed by atoms with Crippen molar-refractivity contribution in [2.75, 3.05) is 27.4 Å². The number of methoxy groups -OCH3 is 2. The molecular formula is C16H22IN3O2. The molecule has 6 heteroatoms. The lowest BCUT2D eigenvalue weighted by molar-refractivity contribution is 0.204. The van der Waals surface area contributed by atoms with Crippen LogP contribution in [0.4, 0.5) is 0 Å². The van der Waals surface area contributed by atoms with Gasteiger partial charge >= 0.3 is 0 Å². The molecule has 2 aromatic rings. The van der Waals surface area contributed by atoms with E-state index in [1.165, 1.54) is 0 Å². The summed E-state index contributed by atoms with van der Waals surface area (Å²) in [4.78, 5) is 4.31. The molecule has 120 valence electrons. The molecule has 0 saturated carbocycles. The summed E-state index contributed by atoms with van der Waals surface area (Å²) in [5, 5.41) is 5.30. The number of halogens is 1. The maximum absolute atomic E-state index is 5.78. The highest BCUT2D eigenvalue weighted by Crippen LogP contribution is 2.22. The van der Waals surface area contributed by atoms with Crippen LogP contribution in [0.25, 0.3) is 10.8 Å². The molecular weight excluding hydrogens is 393 g/mol. The van der Waals surface area contributed by atoms with Gasteiger partial charge < -0.3 is 20.5 Å². The van der Waals surface area contributed by atoms with Crippen LogP contribution in [0.5, 0.6) is 5.75 Å². The van der Waals surface area contributed by atoms with E-state index in [-0.39, 0.29) is 24.0 Å². The zero-order valence-electron chi connectivity index (χ0n) is 12.8. The first-order chi connectivity index (χ1) is 10.2. The summed E-state index contributed by atoms with van der Waals surface area (Å²) in [6.07, 6.45) is 0. The van der Waals surface area contributed by atoms with Gasteiger partial charge in [0.05, 0.1) is 20.3 Å². The Balaban J connectivity index is 0.00000242. The van der Waals surface area contributed by atoms with Crippen molar-refractivity contribution >= 4 is 40.7 Å². The van der Waals surface area contributed by atoms with Crippen LogP contribution >= 0.6 is 24.0 Å². The summed E-state index contributed by atoms with van der Waals surface area (Å²) in [7, 11) is 3.32. The summed E-state index contributed by atoms with van der Waals surface area (Å²) >= 11 is 0. The van der Waals surface area contributed by atoms with Crippen molar-refractivity contribution in [2.24, 2.45) is 10.7 Å². The van der Waals surface area contributed by atoms with E-state index in [0.29, 0.717) is 25.7 Å². The number of hydrogen-bond donors (Lipinski definition) is 2. The van der Waals surface area contributed by atoms with Crippen molar-refractivity contribution in [3.63, 3.8) is 0 Å². The summed E-state index contributed by atoms with van der Waals surface area (Å²) < 4.78 is 10.2. The Morgan fingerprint density at radius 2 is 1.86 bits per heavy atom. The fraction of sp³-hybridized carbons (Fsp3) is 0.312. The van der Waals surface area contributed by atoms with Gasteiger partial charge in [-0.05, 0) is 34.5 Å². The topological polar surface area (TPSA) is 68.9 Å². The number of benzene rings is 2. The third kappa shape index (κ3) is 5.34. The van der Waals surface area contributed by atoms with Gasteiger partial charge in [-0.2, -0.15) is 0 Å². The average Bonchev–Trinajstić information content (AvgIpc) is 2.52. The third-order valence-corrected chi connectivity index (χ3v) is 3.16. The highest BCUT2D eigenvalue weighted by molar-refractivity contribution is 14.0. The highest BCUT2D eigenvalue weighted by Gasteiger charge is 1.99. The first-order valence-corrected chi connectivity index (χ1v) is 6.82. The number of rotatable bonds is 6. The van der Waals surface area contributed by atoms with Crippen molar-refractivity contribution in [3.05, 3.63) is 42.0 Å². The largest absolute Gasteiger partial charge is 0.497 e. The maximum Gasteiger partial charge on any atom is 0.188 e. The van der Waals surface area contributed by atoms with E-state index < -0.39 is 0 Å². The van der Waals surface area contributed by atoms with Gasteiger partial charge in [-0.15, -0.1) is 24.0 Å². The molecule has 22 heavy (non-hydrogen) atoms. The molecule has 0 aliphatic rings. The van der Waals surface area contributed by atoms with Crippen LogP contribution in [0.1, 0.15) is 5.56 Å². The second-order valence-electron chi connectivity index (χ2n) is 4.67. The first kappa shape index (κ1) is 18.5. The molecule has 0 bridgehead atoms. The molecule has 0 spiro atoms. The van der Waals surface area contributed by atoms with E-state index in [1.54, 1.807) is 14.2 Å². The summed E-state index contributed by atoms with van der Waals surface area (Å²) in [5.41, 5.74) is 6.89. The zero-order valence-corrected chi connectivity index (χ0v) is 15.2. The molecule has 2 aromatic carbocycles. The third-order valence-electron chi connectivity index (χ3n) is 3.16. The quantitative estimate of drug-likeness (QED) is 0.329. The lowest BCUT2D eigenvalue weighted by atomic mass is 10.1. The van der Waals surface area contributed by atoms with Crippen LogP contribution in [0.15, 0.2) is 41.4 Å². The van der Waals surface area contributed by atoms with Gasteiger partial charge in [0.15, 0.2) is 5.96 Å². The molecule has 0 saturated heterocycles. The average molecular weight is 415 g/mol. The number of fused-ring (bicyclic) bond motifs is 1. The Bertz CT molecular complexity index is 632. The molecule has 0 unspecified atom stereocenters. The molecule has 2 rings (SSSR count). The summed E-state index contributed by atoms with van der Waals surface area (Å²) in [6.45, 7) is 1.81. The predicted octanol–water partition coefficient (Wildman–Crippen LogP) is 2.52. The zero-order chi connectivity index (χ0) is 15.1. The van der Waals surface area contributed by atoms with Crippen LogP contribution in [0.2, 0.25) is 0 Å². The Hall–Kier alpha value is -1.54. The van der Waals surface area contributed by atoms with Crippen molar-refractivity contribution in [1.82, 2.24) is 5.32 Å². The molecule has 0 fully saturated rings. The number of guanidine groups is 1. The monoisotopic (exact) mass is 415 g/mol. The molecule has 0 heterocycles. The van der Waals surface area contributed by atoms with Gasteiger partial charge in [-0.25, -0.2) is 4.99 Å². The minimum absolute atomic E-state index is 0. The molecule has 0 aliphatic carbocycles. The number of nitrogens with one attached hydrogen (secondary N) is 1. The van der Waals surface area contributed by atoms with E-state index >= 15 is 0 Å². The molecule has 0 amide bonds. The SMILES string of the molecule is COCCNC(N)=NCc1ccc2cc(OC)ccc2c1.I. The normalized spacial score (nSPS) is 11.1. The second-order valence-corrected chi connectivity index (χ2v) is 4.67. The lowest BCUT2D eigenvalue weighted by Gasteiger charge is -2.06. The Kier molecular flexibility index (Phi) is 7.97. The van der Waals surface area contributed by atoms with Crippen LogP contribution in [-0.2, 0) is 11.3 Å². The number of nitrogens with two attached hydrogens (primary N) is 1. The van der Waals surface area contributed by atoms with Crippen LogP contribution in [0, 0.1) is 0 Å². The van der Waals surface area contributed by atoms with E-state index in [1.807, 2.05) is 24.3 Å². The number of hydrogen-bond acceptors (Lipinski definition) is 3. The second kappa shape index (κ2) is 9.47. The van der Waals surface area contributed by atoms with Gasteiger partial charge in [-0.3, -0.25) is 0 Å². The molecule has 0 atom stereocenters. The number of nitrogens with zero attached hydrogens (tertiary/aromatic N) is 1. The maximum atomic E-state index is 5.78. The molecule has 0 aromatic heterocycles. The van der Waals surface area contributed by atoms with Crippen molar-refractivity contribution in [3.8, 4) is 5.75 Å². The minimum atomic E-state index is 0. The van der Waals surface area contributed by atoms with Gasteiger partial charge in [0.2, 0.25) is 0 Å². The smallest absolute Gasteiger partial charge is 0.188 e. The Morgan fingerprint density at radius 3 is 2.59 bits per heavy atom. The summed E-state index contributed by atoms with van der Waals surface area (Å²) in [5.74, 6) is 1.29. The van der Waals surface area contributed by atoms with Crippen LogP contribution in [-0.4, -0.2) is 33.3 Å². The fourth-order valence-electron chi connectivity index (χ4n) is 2.01. The van der Waals surface area contributed by atoms with Crippen molar-refractivity contribution in [1.29, 1.82) is 0 Å². The van der Waals surface area contributed by atoms with Crippen LogP contribution < -0.4 is 15.8 Å². The number of aliphatic imine (C=N–C) groups is 1.